The van der Waals surface area contributed by atoms with Crippen LogP contribution in [0.3, 0.4) is 0 Å². The van der Waals surface area contributed by atoms with Crippen molar-refractivity contribution in [1.82, 2.24) is 0 Å². The lowest BCUT2D eigenvalue weighted by Crippen LogP contribution is -2.30. The number of benzene rings is 2. The summed E-state index contributed by atoms with van der Waals surface area (Å²) in [6.07, 6.45) is 1.71. The van der Waals surface area contributed by atoms with Crippen LogP contribution in [0.2, 0.25) is 0 Å². The molecule has 2 aromatic carbocycles. The zero-order valence-electron chi connectivity index (χ0n) is 16.8. The number of halogens is 2. The largest absolute Gasteiger partial charge is 0.497 e. The first-order valence-electron chi connectivity index (χ1n) is 9.34. The summed E-state index contributed by atoms with van der Waals surface area (Å²) in [5.74, 6) is 1.66. The number of hydrogen-bond donors (Lipinski definition) is 0. The molecular formula is C22H22F2N2O3S. The molecule has 0 aliphatic carbocycles. The molecule has 0 radical (unpaired) electrons. The molecular weight excluding hydrogens is 410 g/mol. The molecule has 0 fully saturated rings. The van der Waals surface area contributed by atoms with E-state index >= 15 is 0 Å². The van der Waals surface area contributed by atoms with Crippen LogP contribution in [-0.4, -0.2) is 30.5 Å². The number of amides is 1. The van der Waals surface area contributed by atoms with Gasteiger partial charge in [0.15, 0.2) is 5.17 Å². The highest BCUT2D eigenvalue weighted by Crippen LogP contribution is 2.31. The zero-order chi connectivity index (χ0) is 21.7. The molecule has 0 aromatic heterocycles. The standard InChI is InChI=1S/C22H22F2N2O3S/c1-14(2)13-30-22-25-19(12-15-4-8-17(28-3)9-5-15)20(27)26(22)16-6-10-18(11-7-16)29-21(23)24/h4-12,14,21H,13H2,1-3H3/b19-12-. The second kappa shape index (κ2) is 9.75. The predicted octanol–water partition coefficient (Wildman–Crippen LogP) is 5.43. The van der Waals surface area contributed by atoms with Crippen LogP contribution in [0.1, 0.15) is 19.4 Å². The Labute approximate surface area is 178 Å². The first-order chi connectivity index (χ1) is 14.4. The number of rotatable bonds is 7. The molecule has 30 heavy (non-hydrogen) atoms. The Bertz CT molecular complexity index is 942. The Morgan fingerprint density at radius 2 is 1.70 bits per heavy atom. The summed E-state index contributed by atoms with van der Waals surface area (Å²) < 4.78 is 34.4. The highest BCUT2D eigenvalue weighted by atomic mass is 32.2. The second-order valence-corrected chi connectivity index (χ2v) is 7.90. The lowest BCUT2D eigenvalue weighted by molar-refractivity contribution is -0.113. The minimum atomic E-state index is -2.90. The second-order valence-electron chi connectivity index (χ2n) is 6.91. The van der Waals surface area contributed by atoms with E-state index in [0.29, 0.717) is 22.5 Å². The van der Waals surface area contributed by atoms with Crippen LogP contribution in [0.25, 0.3) is 6.08 Å². The first-order valence-corrected chi connectivity index (χ1v) is 10.3. The van der Waals surface area contributed by atoms with Crippen molar-refractivity contribution in [2.75, 3.05) is 17.8 Å². The van der Waals surface area contributed by atoms with E-state index in [1.807, 2.05) is 24.3 Å². The Kier molecular flexibility index (Phi) is 7.10. The van der Waals surface area contributed by atoms with Crippen molar-refractivity contribution in [1.29, 1.82) is 0 Å². The molecule has 0 saturated heterocycles. The van der Waals surface area contributed by atoms with Crippen LogP contribution in [0.4, 0.5) is 14.5 Å². The minimum absolute atomic E-state index is 0.0303. The van der Waals surface area contributed by atoms with Gasteiger partial charge in [0.2, 0.25) is 0 Å². The van der Waals surface area contributed by atoms with Crippen LogP contribution in [0, 0.1) is 5.92 Å². The van der Waals surface area contributed by atoms with Crippen LogP contribution < -0.4 is 14.4 Å². The van der Waals surface area contributed by atoms with E-state index in [4.69, 9.17) is 4.74 Å². The number of carbonyl (C=O) groups is 1. The third-order valence-electron chi connectivity index (χ3n) is 4.11. The first kappa shape index (κ1) is 21.8. The van der Waals surface area contributed by atoms with Gasteiger partial charge >= 0.3 is 6.61 Å². The molecule has 8 heteroatoms. The van der Waals surface area contributed by atoms with Gasteiger partial charge in [-0.25, -0.2) is 4.99 Å². The molecule has 1 heterocycles. The predicted molar refractivity (Wildman–Crippen MR) is 116 cm³/mol. The van der Waals surface area contributed by atoms with Gasteiger partial charge in [0.25, 0.3) is 5.91 Å². The van der Waals surface area contributed by atoms with Gasteiger partial charge in [-0.05, 0) is 54.0 Å². The van der Waals surface area contributed by atoms with Gasteiger partial charge in [-0.15, -0.1) is 0 Å². The van der Waals surface area contributed by atoms with E-state index in [-0.39, 0.29) is 11.7 Å². The van der Waals surface area contributed by atoms with Crippen LogP contribution in [0.5, 0.6) is 11.5 Å². The summed E-state index contributed by atoms with van der Waals surface area (Å²) in [6.45, 7) is 1.26. The van der Waals surface area contributed by atoms with Crippen molar-refractivity contribution >= 4 is 34.6 Å². The van der Waals surface area contributed by atoms with Gasteiger partial charge in [0.05, 0.1) is 12.8 Å². The number of hydrogen-bond acceptors (Lipinski definition) is 5. The van der Waals surface area contributed by atoms with Crippen LogP contribution in [-0.2, 0) is 4.79 Å². The van der Waals surface area contributed by atoms with Crippen molar-refractivity contribution in [3.05, 3.63) is 59.8 Å². The van der Waals surface area contributed by atoms with E-state index in [1.165, 1.54) is 28.8 Å². The third-order valence-corrected chi connectivity index (χ3v) is 5.48. The lowest BCUT2D eigenvalue weighted by Gasteiger charge is -2.18. The van der Waals surface area contributed by atoms with Crippen molar-refractivity contribution in [3.63, 3.8) is 0 Å². The summed E-state index contributed by atoms with van der Waals surface area (Å²) in [4.78, 5) is 19.1. The van der Waals surface area contributed by atoms with E-state index in [2.05, 4.69) is 23.6 Å². The molecule has 0 atom stereocenters. The molecule has 0 saturated carbocycles. The number of anilines is 1. The number of ether oxygens (including phenoxy) is 2. The molecule has 2 aromatic rings. The topological polar surface area (TPSA) is 51.1 Å². The van der Waals surface area contributed by atoms with Crippen molar-refractivity contribution in [2.24, 2.45) is 10.9 Å². The Balaban J connectivity index is 1.89. The monoisotopic (exact) mass is 432 g/mol. The number of nitrogens with zero attached hydrogens (tertiary/aromatic N) is 2. The third kappa shape index (κ3) is 5.38. The van der Waals surface area contributed by atoms with Crippen LogP contribution in [0.15, 0.2) is 59.2 Å². The van der Waals surface area contributed by atoms with Crippen molar-refractivity contribution in [3.8, 4) is 11.5 Å². The molecule has 0 unspecified atom stereocenters. The summed E-state index contributed by atoms with van der Waals surface area (Å²) in [5.41, 5.74) is 1.66. The number of thioether (sulfide) groups is 1. The van der Waals surface area contributed by atoms with Gasteiger partial charge in [0, 0.05) is 5.75 Å². The average molecular weight is 432 g/mol. The summed E-state index contributed by atoms with van der Waals surface area (Å²) >= 11 is 1.48. The fourth-order valence-corrected chi connectivity index (χ4v) is 3.66. The van der Waals surface area contributed by atoms with Gasteiger partial charge in [0.1, 0.15) is 17.2 Å². The number of alkyl halides is 2. The van der Waals surface area contributed by atoms with Gasteiger partial charge in [-0.1, -0.05) is 37.7 Å². The maximum atomic E-state index is 13.1. The van der Waals surface area contributed by atoms with E-state index < -0.39 is 6.61 Å². The molecule has 1 aliphatic rings. The highest BCUT2D eigenvalue weighted by Gasteiger charge is 2.32. The summed E-state index contributed by atoms with van der Waals surface area (Å²) in [5, 5.41) is 0.552. The van der Waals surface area contributed by atoms with Gasteiger partial charge in [-0.2, -0.15) is 8.78 Å². The molecule has 158 valence electrons. The van der Waals surface area contributed by atoms with E-state index in [0.717, 1.165) is 17.1 Å². The number of carbonyl (C=O) groups excluding carboxylic acids is 1. The Morgan fingerprint density at radius 1 is 1.07 bits per heavy atom. The maximum Gasteiger partial charge on any atom is 0.387 e. The van der Waals surface area contributed by atoms with Crippen molar-refractivity contribution in [2.45, 2.75) is 20.5 Å². The van der Waals surface area contributed by atoms with E-state index in [9.17, 15) is 13.6 Å². The van der Waals surface area contributed by atoms with E-state index in [1.54, 1.807) is 25.3 Å². The van der Waals surface area contributed by atoms with Crippen molar-refractivity contribution < 1.29 is 23.0 Å². The summed E-state index contributed by atoms with van der Waals surface area (Å²) in [7, 11) is 1.59. The highest BCUT2D eigenvalue weighted by molar-refractivity contribution is 8.14. The molecule has 0 bridgehead atoms. The van der Waals surface area contributed by atoms with Gasteiger partial charge < -0.3 is 9.47 Å². The SMILES string of the molecule is COc1ccc(/C=C2\N=C(SCC(C)C)N(c3ccc(OC(F)F)cc3)C2=O)cc1. The zero-order valence-corrected chi connectivity index (χ0v) is 17.7. The molecule has 1 aliphatic heterocycles. The average Bonchev–Trinajstić information content (AvgIpc) is 3.02. The fourth-order valence-electron chi connectivity index (χ4n) is 2.70. The molecule has 0 spiro atoms. The smallest absolute Gasteiger partial charge is 0.387 e. The number of amidine groups is 1. The number of aliphatic imine (C=N–C) groups is 1. The normalized spacial score (nSPS) is 15.3. The molecule has 5 nitrogen and oxygen atoms in total. The molecule has 0 N–H and O–H groups in total. The molecule has 3 rings (SSSR count). The molecule has 1 amide bonds. The quantitative estimate of drug-likeness (QED) is 0.548. The minimum Gasteiger partial charge on any atom is -0.497 e. The lowest BCUT2D eigenvalue weighted by atomic mass is 10.2. The van der Waals surface area contributed by atoms with Gasteiger partial charge in [-0.3, -0.25) is 9.69 Å². The Hall–Kier alpha value is -2.87. The summed E-state index contributed by atoms with van der Waals surface area (Å²) in [6, 6.07) is 13.3. The van der Waals surface area contributed by atoms with Crippen LogP contribution >= 0.6 is 11.8 Å². The Morgan fingerprint density at radius 3 is 2.27 bits per heavy atom. The number of methoxy groups -OCH3 is 1. The fraction of sp³-hybridized carbons (Fsp3) is 0.273. The maximum absolute atomic E-state index is 13.1.